The lowest BCUT2D eigenvalue weighted by atomic mass is 9.95. The first kappa shape index (κ1) is 20.6. The highest BCUT2D eigenvalue weighted by Gasteiger charge is 2.45. The molecule has 1 fully saturated rings. The van der Waals surface area contributed by atoms with E-state index in [9.17, 15) is 14.7 Å². The molecule has 1 aliphatic heterocycles. The predicted octanol–water partition coefficient (Wildman–Crippen LogP) is 2.74. The van der Waals surface area contributed by atoms with Gasteiger partial charge in [-0.2, -0.15) is 0 Å². The van der Waals surface area contributed by atoms with E-state index >= 15 is 0 Å². The number of aliphatic hydroxyl groups excluding tert-OH is 1. The summed E-state index contributed by atoms with van der Waals surface area (Å²) in [5.41, 5.74) is 2.47. The number of benzene rings is 2. The first-order chi connectivity index (χ1) is 13.8. The Hall–Kier alpha value is -3.12. The van der Waals surface area contributed by atoms with Crippen LogP contribution in [0.25, 0.3) is 5.76 Å². The van der Waals surface area contributed by atoms with Gasteiger partial charge in [-0.05, 0) is 31.8 Å². The fraction of sp³-hybridized carbons (Fsp3) is 0.304. The van der Waals surface area contributed by atoms with Crippen LogP contribution in [0, 0.1) is 0 Å². The van der Waals surface area contributed by atoms with Crippen molar-refractivity contribution in [3.05, 3.63) is 71.3 Å². The molecule has 1 saturated heterocycles. The van der Waals surface area contributed by atoms with Crippen LogP contribution in [0.4, 0.5) is 5.69 Å². The Labute approximate surface area is 171 Å². The van der Waals surface area contributed by atoms with Gasteiger partial charge in [0.1, 0.15) is 5.76 Å². The molecular weight excluding hydrogens is 366 g/mol. The average Bonchev–Trinajstić information content (AvgIpc) is 2.97. The van der Waals surface area contributed by atoms with Crippen LogP contribution in [0.1, 0.15) is 17.2 Å². The number of ketones is 1. The van der Waals surface area contributed by atoms with E-state index in [1.807, 2.05) is 68.3 Å². The van der Waals surface area contributed by atoms with Gasteiger partial charge in [0, 0.05) is 38.4 Å². The number of rotatable bonds is 6. The summed E-state index contributed by atoms with van der Waals surface area (Å²) < 4.78 is 0. The number of anilines is 1. The van der Waals surface area contributed by atoms with Gasteiger partial charge in [-0.15, -0.1) is 0 Å². The molecule has 0 radical (unpaired) electrons. The lowest BCUT2D eigenvalue weighted by Crippen LogP contribution is -2.35. The summed E-state index contributed by atoms with van der Waals surface area (Å²) in [6.07, 6.45) is 0. The smallest absolute Gasteiger partial charge is 0.295 e. The van der Waals surface area contributed by atoms with Crippen LogP contribution < -0.4 is 4.90 Å². The monoisotopic (exact) mass is 393 g/mol. The molecule has 0 unspecified atom stereocenters. The number of likely N-dealkylation sites (N-methyl/N-ethyl adjacent to an activating group) is 1. The molecule has 1 N–H and O–H groups in total. The standard InChI is InChI=1S/C23H27N3O3/c1-24(2)14-15-26-20(16-10-12-18(13-11-16)25(3)4)19(22(28)23(26)29)21(27)17-8-6-5-7-9-17/h5-13,20,27H,14-15H2,1-4H3/b21-19+/t20-/m1/s1. The molecule has 1 aliphatic rings. The van der Waals surface area contributed by atoms with E-state index in [1.54, 1.807) is 29.2 Å². The molecule has 0 aromatic heterocycles. The molecule has 2 aromatic carbocycles. The van der Waals surface area contributed by atoms with E-state index in [0.29, 0.717) is 18.7 Å². The lowest BCUT2D eigenvalue weighted by molar-refractivity contribution is -0.140. The van der Waals surface area contributed by atoms with Crippen molar-refractivity contribution in [2.24, 2.45) is 0 Å². The molecule has 6 heteroatoms. The zero-order valence-corrected chi connectivity index (χ0v) is 17.3. The average molecular weight is 393 g/mol. The second kappa shape index (κ2) is 8.49. The van der Waals surface area contributed by atoms with E-state index < -0.39 is 17.7 Å². The van der Waals surface area contributed by atoms with Crippen molar-refractivity contribution in [2.45, 2.75) is 6.04 Å². The Balaban J connectivity index is 2.11. The van der Waals surface area contributed by atoms with Crippen LogP contribution in [0.5, 0.6) is 0 Å². The first-order valence-electron chi connectivity index (χ1n) is 9.57. The molecular formula is C23H27N3O3. The minimum atomic E-state index is -0.646. The Bertz CT molecular complexity index is 918. The largest absolute Gasteiger partial charge is 0.507 e. The van der Waals surface area contributed by atoms with Crippen LogP contribution in [0.3, 0.4) is 0 Å². The Morgan fingerprint density at radius 3 is 2.14 bits per heavy atom. The molecule has 1 atom stereocenters. The third-order valence-corrected chi connectivity index (χ3v) is 5.10. The van der Waals surface area contributed by atoms with Gasteiger partial charge < -0.3 is 19.8 Å². The summed E-state index contributed by atoms with van der Waals surface area (Å²) in [6, 6.07) is 16.0. The number of nitrogens with zero attached hydrogens (tertiary/aromatic N) is 3. The maximum absolute atomic E-state index is 12.9. The van der Waals surface area contributed by atoms with E-state index in [1.165, 1.54) is 0 Å². The third kappa shape index (κ3) is 4.17. The summed E-state index contributed by atoms with van der Waals surface area (Å²) in [5, 5.41) is 10.9. The van der Waals surface area contributed by atoms with E-state index in [4.69, 9.17) is 0 Å². The van der Waals surface area contributed by atoms with Crippen LogP contribution in [0.2, 0.25) is 0 Å². The Morgan fingerprint density at radius 1 is 0.966 bits per heavy atom. The molecule has 0 bridgehead atoms. The summed E-state index contributed by atoms with van der Waals surface area (Å²) in [6.45, 7) is 1.01. The van der Waals surface area contributed by atoms with Crippen LogP contribution >= 0.6 is 0 Å². The molecule has 0 saturated carbocycles. The zero-order chi connectivity index (χ0) is 21.1. The van der Waals surface area contributed by atoms with Gasteiger partial charge in [0.25, 0.3) is 11.7 Å². The highest BCUT2D eigenvalue weighted by atomic mass is 16.3. The molecule has 0 aliphatic carbocycles. The first-order valence-corrected chi connectivity index (χ1v) is 9.57. The van der Waals surface area contributed by atoms with Gasteiger partial charge in [-0.25, -0.2) is 0 Å². The molecule has 0 spiro atoms. The Kier molecular flexibility index (Phi) is 6.03. The van der Waals surface area contributed by atoms with Crippen LogP contribution in [-0.4, -0.2) is 67.9 Å². The molecule has 1 heterocycles. The minimum Gasteiger partial charge on any atom is -0.507 e. The maximum Gasteiger partial charge on any atom is 0.295 e. The number of Topliss-reactive ketones (excluding diaryl/α,β-unsaturated/α-hetero) is 1. The van der Waals surface area contributed by atoms with Crippen molar-refractivity contribution in [3.8, 4) is 0 Å². The van der Waals surface area contributed by atoms with E-state index in [0.717, 1.165) is 11.3 Å². The van der Waals surface area contributed by atoms with Crippen molar-refractivity contribution in [3.63, 3.8) is 0 Å². The van der Waals surface area contributed by atoms with Crippen molar-refractivity contribution in [1.29, 1.82) is 0 Å². The summed E-state index contributed by atoms with van der Waals surface area (Å²) in [7, 11) is 7.74. The SMILES string of the molecule is CN(C)CCN1C(=O)C(=O)/C(=C(/O)c2ccccc2)[C@H]1c1ccc(N(C)C)cc1. The number of aliphatic hydroxyl groups is 1. The molecule has 3 rings (SSSR count). The lowest BCUT2D eigenvalue weighted by Gasteiger charge is -2.27. The highest BCUT2D eigenvalue weighted by Crippen LogP contribution is 2.39. The summed E-state index contributed by atoms with van der Waals surface area (Å²) >= 11 is 0. The maximum atomic E-state index is 12.9. The van der Waals surface area contributed by atoms with Gasteiger partial charge in [-0.3, -0.25) is 9.59 Å². The number of amides is 1. The molecule has 6 nitrogen and oxygen atoms in total. The number of carbonyl (C=O) groups is 2. The summed E-state index contributed by atoms with van der Waals surface area (Å²) in [4.78, 5) is 31.2. The number of hydrogen-bond donors (Lipinski definition) is 1. The predicted molar refractivity (Wildman–Crippen MR) is 115 cm³/mol. The van der Waals surface area contributed by atoms with Gasteiger partial charge in [0.2, 0.25) is 0 Å². The number of likely N-dealkylation sites (tertiary alicyclic amines) is 1. The number of hydrogen-bond acceptors (Lipinski definition) is 5. The fourth-order valence-electron chi connectivity index (χ4n) is 3.47. The van der Waals surface area contributed by atoms with Gasteiger partial charge in [0.05, 0.1) is 11.6 Å². The topological polar surface area (TPSA) is 64.1 Å². The fourth-order valence-corrected chi connectivity index (χ4v) is 3.47. The van der Waals surface area contributed by atoms with E-state index in [-0.39, 0.29) is 11.3 Å². The van der Waals surface area contributed by atoms with Crippen LogP contribution in [-0.2, 0) is 9.59 Å². The van der Waals surface area contributed by atoms with Crippen molar-refractivity contribution in [2.75, 3.05) is 46.2 Å². The normalized spacial score (nSPS) is 18.5. The molecule has 1 amide bonds. The summed E-state index contributed by atoms with van der Waals surface area (Å²) in [5.74, 6) is -1.36. The van der Waals surface area contributed by atoms with Gasteiger partial charge in [-0.1, -0.05) is 42.5 Å². The van der Waals surface area contributed by atoms with Gasteiger partial charge in [0.15, 0.2) is 0 Å². The minimum absolute atomic E-state index is 0.137. The quantitative estimate of drug-likeness (QED) is 0.464. The molecule has 2 aromatic rings. The highest BCUT2D eigenvalue weighted by molar-refractivity contribution is 6.46. The molecule has 29 heavy (non-hydrogen) atoms. The van der Waals surface area contributed by atoms with Crippen LogP contribution in [0.15, 0.2) is 60.2 Å². The van der Waals surface area contributed by atoms with Gasteiger partial charge >= 0.3 is 0 Å². The van der Waals surface area contributed by atoms with E-state index in [2.05, 4.69) is 0 Å². The Morgan fingerprint density at radius 2 is 1.59 bits per heavy atom. The third-order valence-electron chi connectivity index (χ3n) is 5.10. The second-order valence-corrected chi connectivity index (χ2v) is 7.65. The second-order valence-electron chi connectivity index (χ2n) is 7.65. The van der Waals surface area contributed by atoms with Crippen molar-refractivity contribution >= 4 is 23.1 Å². The van der Waals surface area contributed by atoms with Crippen molar-refractivity contribution in [1.82, 2.24) is 9.80 Å². The molecule has 152 valence electrons. The van der Waals surface area contributed by atoms with Crippen molar-refractivity contribution < 1.29 is 14.7 Å². The number of carbonyl (C=O) groups excluding carboxylic acids is 2. The zero-order valence-electron chi connectivity index (χ0n) is 17.3.